The van der Waals surface area contributed by atoms with Crippen LogP contribution in [-0.2, 0) is 10.0 Å². The van der Waals surface area contributed by atoms with Gasteiger partial charge in [0.15, 0.2) is 0 Å². The van der Waals surface area contributed by atoms with Crippen LogP contribution in [0.5, 0.6) is 0 Å². The van der Waals surface area contributed by atoms with E-state index in [-0.39, 0.29) is 16.7 Å². The number of nitrogen functional groups attached to an aromatic ring is 1. The van der Waals surface area contributed by atoms with Gasteiger partial charge >= 0.3 is 0 Å². The molecule has 0 spiro atoms. The van der Waals surface area contributed by atoms with Crippen molar-refractivity contribution in [3.63, 3.8) is 0 Å². The first-order chi connectivity index (χ1) is 9.92. The van der Waals surface area contributed by atoms with Gasteiger partial charge in [0.2, 0.25) is 10.0 Å². The number of benzene rings is 1. The maximum Gasteiger partial charge on any atom is 0.242 e. The number of hydrogen-bond donors (Lipinski definition) is 3. The van der Waals surface area contributed by atoms with Crippen LogP contribution in [0.1, 0.15) is 12.8 Å². The van der Waals surface area contributed by atoms with E-state index in [4.69, 9.17) is 5.73 Å². The summed E-state index contributed by atoms with van der Waals surface area (Å²) in [5.41, 5.74) is 7.07. The highest BCUT2D eigenvalue weighted by atomic mass is 32.2. The second-order valence-corrected chi connectivity index (χ2v) is 7.76. The first kappa shape index (κ1) is 14.6. The molecule has 0 amide bonds. The minimum Gasteiger partial charge on any atom is -0.398 e. The Kier molecular flexibility index (Phi) is 3.59. The molecule has 0 aromatic heterocycles. The van der Waals surface area contributed by atoms with Gasteiger partial charge in [-0.05, 0) is 44.0 Å². The van der Waals surface area contributed by atoms with E-state index in [1.54, 1.807) is 18.2 Å². The van der Waals surface area contributed by atoms with Gasteiger partial charge in [-0.15, -0.1) is 0 Å². The van der Waals surface area contributed by atoms with Gasteiger partial charge in [0, 0.05) is 24.7 Å². The summed E-state index contributed by atoms with van der Waals surface area (Å²) in [6, 6.07) is 5.03. The fraction of sp³-hybridized carbons (Fsp3) is 0.571. The molecule has 0 bridgehead atoms. The molecule has 1 saturated heterocycles. The Morgan fingerprint density at radius 2 is 2.10 bits per heavy atom. The van der Waals surface area contributed by atoms with Crippen LogP contribution in [0.4, 0.5) is 11.4 Å². The maximum atomic E-state index is 11.8. The average molecular weight is 311 g/mol. The predicted octanol–water partition coefficient (Wildman–Crippen LogP) is 0.384. The van der Waals surface area contributed by atoms with E-state index in [1.807, 2.05) is 0 Å². The van der Waals surface area contributed by atoms with Gasteiger partial charge in [-0.2, -0.15) is 0 Å². The minimum absolute atomic E-state index is 0.105. The highest BCUT2D eigenvalue weighted by molar-refractivity contribution is 7.89. The van der Waals surface area contributed by atoms with Crippen molar-refractivity contribution in [1.82, 2.24) is 4.72 Å². The van der Waals surface area contributed by atoms with Crippen molar-refractivity contribution in [2.75, 3.05) is 30.8 Å². The van der Waals surface area contributed by atoms with Crippen molar-refractivity contribution in [2.24, 2.45) is 11.8 Å². The summed E-state index contributed by atoms with van der Waals surface area (Å²) in [6.45, 7) is 1.71. The van der Waals surface area contributed by atoms with Gasteiger partial charge in [0.05, 0.1) is 11.8 Å². The quantitative estimate of drug-likeness (QED) is 0.702. The summed E-state index contributed by atoms with van der Waals surface area (Å²) in [7, 11) is -2.16. The number of fused-ring (bicyclic) bond motifs is 1. The molecule has 2 fully saturated rings. The zero-order valence-electron chi connectivity index (χ0n) is 12.0. The molecule has 0 radical (unpaired) electrons. The predicted molar refractivity (Wildman–Crippen MR) is 81.5 cm³/mol. The fourth-order valence-electron chi connectivity index (χ4n) is 3.53. The molecule has 1 aromatic carbocycles. The van der Waals surface area contributed by atoms with Crippen LogP contribution in [0, 0.1) is 11.8 Å². The van der Waals surface area contributed by atoms with E-state index >= 15 is 0 Å². The Morgan fingerprint density at radius 3 is 2.71 bits per heavy atom. The van der Waals surface area contributed by atoms with Gasteiger partial charge in [-0.3, -0.25) is 0 Å². The van der Waals surface area contributed by atoms with Crippen LogP contribution >= 0.6 is 0 Å². The molecule has 1 saturated carbocycles. The van der Waals surface area contributed by atoms with Gasteiger partial charge < -0.3 is 15.7 Å². The molecule has 7 heteroatoms. The summed E-state index contributed by atoms with van der Waals surface area (Å²) in [5.74, 6) is 0.855. The lowest BCUT2D eigenvalue weighted by Crippen LogP contribution is -2.25. The van der Waals surface area contributed by atoms with Crippen LogP contribution in [0.3, 0.4) is 0 Å². The smallest absolute Gasteiger partial charge is 0.242 e. The molecule has 2 aliphatic rings. The van der Waals surface area contributed by atoms with Crippen molar-refractivity contribution >= 4 is 21.4 Å². The van der Waals surface area contributed by atoms with Crippen molar-refractivity contribution in [3.05, 3.63) is 18.2 Å². The Morgan fingerprint density at radius 1 is 1.33 bits per heavy atom. The molecule has 4 N–H and O–H groups in total. The summed E-state index contributed by atoms with van der Waals surface area (Å²) in [5, 5.41) is 9.96. The molecular formula is C14H21N3O3S. The van der Waals surface area contributed by atoms with Crippen molar-refractivity contribution in [3.8, 4) is 0 Å². The van der Waals surface area contributed by atoms with Crippen molar-refractivity contribution < 1.29 is 13.5 Å². The number of anilines is 2. The number of nitrogens with zero attached hydrogens (tertiary/aromatic N) is 1. The van der Waals surface area contributed by atoms with E-state index in [1.165, 1.54) is 7.05 Å². The van der Waals surface area contributed by atoms with Crippen LogP contribution < -0.4 is 15.4 Å². The zero-order chi connectivity index (χ0) is 15.2. The highest BCUT2D eigenvalue weighted by Crippen LogP contribution is 2.40. The van der Waals surface area contributed by atoms with Gasteiger partial charge in [-0.25, -0.2) is 13.1 Å². The Labute approximate surface area is 125 Å². The lowest BCUT2D eigenvalue weighted by Gasteiger charge is -2.21. The first-order valence-electron chi connectivity index (χ1n) is 7.18. The molecule has 3 atom stereocenters. The molecule has 6 nitrogen and oxygen atoms in total. The molecule has 1 aliphatic heterocycles. The molecular weight excluding hydrogens is 290 g/mol. The average Bonchev–Trinajstić information content (AvgIpc) is 3.01. The monoisotopic (exact) mass is 311 g/mol. The number of sulfonamides is 1. The Bertz CT molecular complexity index is 647. The molecule has 3 rings (SSSR count). The van der Waals surface area contributed by atoms with Crippen LogP contribution in [-0.4, -0.2) is 39.8 Å². The van der Waals surface area contributed by atoms with Crippen molar-refractivity contribution in [2.45, 2.75) is 23.8 Å². The molecule has 1 aromatic rings. The SMILES string of the molecule is CNS(=O)(=O)c1ccc(N2CC3CCC(O)C3C2)cc1N. The van der Waals surface area contributed by atoms with E-state index < -0.39 is 10.0 Å². The van der Waals surface area contributed by atoms with E-state index in [2.05, 4.69) is 9.62 Å². The number of nitrogens with one attached hydrogen (secondary N) is 1. The summed E-state index contributed by atoms with van der Waals surface area (Å²) < 4.78 is 25.9. The first-order valence-corrected chi connectivity index (χ1v) is 8.67. The molecule has 21 heavy (non-hydrogen) atoms. The van der Waals surface area contributed by atoms with E-state index in [0.29, 0.717) is 11.8 Å². The molecule has 1 aliphatic carbocycles. The number of aliphatic hydroxyl groups is 1. The second-order valence-electron chi connectivity index (χ2n) is 5.90. The Hall–Kier alpha value is -1.31. The number of aliphatic hydroxyl groups excluding tert-OH is 1. The van der Waals surface area contributed by atoms with Gasteiger partial charge in [0.25, 0.3) is 0 Å². The maximum absolute atomic E-state index is 11.8. The van der Waals surface area contributed by atoms with Crippen LogP contribution in [0.25, 0.3) is 0 Å². The van der Waals surface area contributed by atoms with Crippen LogP contribution in [0.2, 0.25) is 0 Å². The number of rotatable bonds is 3. The number of hydrogen-bond acceptors (Lipinski definition) is 5. The van der Waals surface area contributed by atoms with Crippen LogP contribution in [0.15, 0.2) is 23.1 Å². The van der Waals surface area contributed by atoms with Crippen molar-refractivity contribution in [1.29, 1.82) is 0 Å². The zero-order valence-corrected chi connectivity index (χ0v) is 12.8. The third kappa shape index (κ3) is 2.49. The minimum atomic E-state index is -3.53. The summed E-state index contributed by atoms with van der Waals surface area (Å²) in [6.07, 6.45) is 1.75. The van der Waals surface area contributed by atoms with Gasteiger partial charge in [0.1, 0.15) is 4.90 Å². The third-order valence-corrected chi connectivity index (χ3v) is 6.22. The third-order valence-electron chi connectivity index (χ3n) is 4.74. The second kappa shape index (κ2) is 5.15. The standard InChI is InChI=1S/C14H21N3O3S/c1-16-21(19,20)14-5-3-10(6-12(14)15)17-7-9-2-4-13(18)11(9)8-17/h3,5-6,9,11,13,16,18H,2,4,7-8,15H2,1H3. The lowest BCUT2D eigenvalue weighted by molar-refractivity contribution is 0.133. The fourth-order valence-corrected chi connectivity index (χ4v) is 4.37. The number of nitrogens with two attached hydrogens (primary N) is 1. The van der Waals surface area contributed by atoms with Gasteiger partial charge in [-0.1, -0.05) is 0 Å². The normalized spacial score (nSPS) is 28.9. The summed E-state index contributed by atoms with van der Waals surface area (Å²) in [4.78, 5) is 2.29. The molecule has 3 unspecified atom stereocenters. The Balaban J connectivity index is 1.84. The topological polar surface area (TPSA) is 95.7 Å². The summed E-state index contributed by atoms with van der Waals surface area (Å²) >= 11 is 0. The molecule has 1 heterocycles. The molecule has 116 valence electrons. The van der Waals surface area contributed by atoms with E-state index in [9.17, 15) is 13.5 Å². The lowest BCUT2D eigenvalue weighted by atomic mass is 10.00. The largest absolute Gasteiger partial charge is 0.398 e. The highest BCUT2D eigenvalue weighted by Gasteiger charge is 2.41. The van der Waals surface area contributed by atoms with E-state index in [0.717, 1.165) is 31.6 Å².